The summed E-state index contributed by atoms with van der Waals surface area (Å²) in [6, 6.07) is 0. The molecule has 0 spiro atoms. The minimum Gasteiger partial charge on any atom is -0.466 e. The summed E-state index contributed by atoms with van der Waals surface area (Å²) in [4.78, 5) is 11.8. The van der Waals surface area contributed by atoms with E-state index in [0.717, 1.165) is 51.4 Å². The monoisotopic (exact) mass is 278 g/mol. The van der Waals surface area contributed by atoms with Crippen molar-refractivity contribution in [3.8, 4) is 0 Å². The Morgan fingerprint density at radius 3 is 2.28 bits per heavy atom. The van der Waals surface area contributed by atoms with Crippen molar-refractivity contribution in [1.29, 1.82) is 0 Å². The van der Waals surface area contributed by atoms with E-state index in [1.54, 1.807) is 0 Å². The van der Waals surface area contributed by atoms with E-state index in [1.807, 2.05) is 6.92 Å². The van der Waals surface area contributed by atoms with Crippen LogP contribution in [0.25, 0.3) is 0 Å². The number of carbonyl (C=O) groups is 1. The predicted molar refractivity (Wildman–Crippen MR) is 74.9 cm³/mol. The maximum absolute atomic E-state index is 11.8. The van der Waals surface area contributed by atoms with Gasteiger partial charge in [0.15, 0.2) is 0 Å². The van der Waals surface area contributed by atoms with Crippen LogP contribution in [0.3, 0.4) is 0 Å². The van der Waals surface area contributed by atoms with Crippen LogP contribution in [-0.4, -0.2) is 30.2 Å². The van der Waals surface area contributed by atoms with Crippen LogP contribution >= 0.6 is 11.6 Å². The van der Waals surface area contributed by atoms with Gasteiger partial charge < -0.3 is 9.84 Å². The van der Waals surface area contributed by atoms with Crippen molar-refractivity contribution in [2.24, 2.45) is 5.92 Å². The molecule has 1 N–H and O–H groups in total. The average molecular weight is 279 g/mol. The van der Waals surface area contributed by atoms with Gasteiger partial charge in [-0.25, -0.2) is 0 Å². The van der Waals surface area contributed by atoms with Gasteiger partial charge in [0.1, 0.15) is 0 Å². The fraction of sp³-hybridized carbons (Fsp3) is 0.929. The van der Waals surface area contributed by atoms with Crippen molar-refractivity contribution in [3.63, 3.8) is 0 Å². The predicted octanol–water partition coefficient (Wildman–Crippen LogP) is 3.52. The standard InChI is InChI=1S/C14H27ClO3/c1-2-18-14(17)13(10-6-7-11-15)9-5-3-4-8-12-16/h13,16H,2-12H2,1H3. The molecule has 0 aromatic rings. The van der Waals surface area contributed by atoms with Crippen molar-refractivity contribution >= 4 is 17.6 Å². The number of esters is 1. The number of aliphatic hydroxyl groups is 1. The molecule has 0 bridgehead atoms. The molecule has 0 aliphatic heterocycles. The number of rotatable bonds is 12. The molecule has 0 saturated heterocycles. The molecule has 3 nitrogen and oxygen atoms in total. The maximum Gasteiger partial charge on any atom is 0.308 e. The summed E-state index contributed by atoms with van der Waals surface area (Å²) in [5, 5.41) is 8.69. The van der Waals surface area contributed by atoms with Gasteiger partial charge in [0.05, 0.1) is 12.5 Å². The summed E-state index contributed by atoms with van der Waals surface area (Å²) >= 11 is 5.65. The number of alkyl halides is 1. The lowest BCUT2D eigenvalue weighted by atomic mass is 9.95. The Bertz CT molecular complexity index is 197. The molecule has 0 aliphatic rings. The SMILES string of the molecule is CCOC(=O)C(CCCCCl)CCCCCCO. The molecule has 1 unspecified atom stereocenters. The molecule has 0 fully saturated rings. The highest BCUT2D eigenvalue weighted by Gasteiger charge is 2.18. The third kappa shape index (κ3) is 9.72. The van der Waals surface area contributed by atoms with E-state index in [0.29, 0.717) is 12.5 Å². The molecule has 0 rings (SSSR count). The van der Waals surface area contributed by atoms with Crippen LogP contribution in [0.4, 0.5) is 0 Å². The van der Waals surface area contributed by atoms with Crippen LogP contribution in [0, 0.1) is 5.92 Å². The van der Waals surface area contributed by atoms with Crippen LogP contribution in [0.2, 0.25) is 0 Å². The van der Waals surface area contributed by atoms with Gasteiger partial charge >= 0.3 is 5.97 Å². The molecule has 0 heterocycles. The minimum atomic E-state index is -0.0609. The van der Waals surface area contributed by atoms with Gasteiger partial charge in [-0.2, -0.15) is 0 Å². The topological polar surface area (TPSA) is 46.5 Å². The Kier molecular flexibility index (Phi) is 13.0. The molecule has 0 saturated carbocycles. The number of unbranched alkanes of at least 4 members (excludes halogenated alkanes) is 4. The zero-order valence-corrected chi connectivity index (χ0v) is 12.3. The molecule has 0 aromatic heterocycles. The first kappa shape index (κ1) is 17.7. The Morgan fingerprint density at radius 2 is 1.72 bits per heavy atom. The second-order valence-electron chi connectivity index (χ2n) is 4.56. The highest BCUT2D eigenvalue weighted by atomic mass is 35.5. The zero-order valence-electron chi connectivity index (χ0n) is 11.5. The second-order valence-corrected chi connectivity index (χ2v) is 4.94. The summed E-state index contributed by atoms with van der Waals surface area (Å²) < 4.78 is 5.10. The van der Waals surface area contributed by atoms with Gasteiger partial charge in [0.25, 0.3) is 0 Å². The third-order valence-electron chi connectivity index (χ3n) is 3.02. The van der Waals surface area contributed by atoms with Crippen molar-refractivity contribution in [2.45, 2.75) is 58.3 Å². The van der Waals surface area contributed by atoms with E-state index in [1.165, 1.54) is 0 Å². The van der Waals surface area contributed by atoms with Crippen molar-refractivity contribution < 1.29 is 14.6 Å². The third-order valence-corrected chi connectivity index (χ3v) is 3.28. The largest absolute Gasteiger partial charge is 0.466 e. The number of carbonyl (C=O) groups excluding carboxylic acids is 1. The number of ether oxygens (including phenoxy) is 1. The van der Waals surface area contributed by atoms with Gasteiger partial charge in [0.2, 0.25) is 0 Å². The molecule has 0 radical (unpaired) electrons. The van der Waals surface area contributed by atoms with E-state index in [2.05, 4.69) is 0 Å². The van der Waals surface area contributed by atoms with E-state index in [-0.39, 0.29) is 18.5 Å². The lowest BCUT2D eigenvalue weighted by Crippen LogP contribution is -2.18. The fourth-order valence-corrected chi connectivity index (χ4v) is 2.17. The first-order chi connectivity index (χ1) is 8.76. The normalized spacial score (nSPS) is 12.4. The van der Waals surface area contributed by atoms with Crippen LogP contribution < -0.4 is 0 Å². The Labute approximate surface area is 116 Å². The molecule has 0 aliphatic carbocycles. The van der Waals surface area contributed by atoms with Crippen molar-refractivity contribution in [2.75, 3.05) is 19.1 Å². The molecular formula is C14H27ClO3. The number of aliphatic hydroxyl groups excluding tert-OH is 1. The molecule has 108 valence electrons. The average Bonchev–Trinajstić information content (AvgIpc) is 2.37. The second kappa shape index (κ2) is 13.2. The summed E-state index contributed by atoms with van der Waals surface area (Å²) in [7, 11) is 0. The summed E-state index contributed by atoms with van der Waals surface area (Å²) in [5.41, 5.74) is 0. The van der Waals surface area contributed by atoms with E-state index in [9.17, 15) is 4.79 Å². The quantitative estimate of drug-likeness (QED) is 0.338. The highest BCUT2D eigenvalue weighted by molar-refractivity contribution is 6.17. The van der Waals surface area contributed by atoms with Gasteiger partial charge in [-0.15, -0.1) is 11.6 Å². The minimum absolute atomic E-state index is 0.0299. The molecule has 4 heteroatoms. The van der Waals surface area contributed by atoms with Gasteiger partial charge in [-0.3, -0.25) is 4.79 Å². The first-order valence-electron chi connectivity index (χ1n) is 7.09. The van der Waals surface area contributed by atoms with Crippen LogP contribution in [0.1, 0.15) is 58.3 Å². The van der Waals surface area contributed by atoms with E-state index < -0.39 is 0 Å². The zero-order chi connectivity index (χ0) is 13.6. The van der Waals surface area contributed by atoms with Crippen molar-refractivity contribution in [1.82, 2.24) is 0 Å². The molecular weight excluding hydrogens is 252 g/mol. The summed E-state index contributed by atoms with van der Waals surface area (Å²) in [6.45, 7) is 2.56. The Morgan fingerprint density at radius 1 is 1.11 bits per heavy atom. The van der Waals surface area contributed by atoms with Gasteiger partial charge in [0, 0.05) is 12.5 Å². The van der Waals surface area contributed by atoms with E-state index >= 15 is 0 Å². The number of halogens is 1. The Balaban J connectivity index is 3.84. The number of hydrogen-bond donors (Lipinski definition) is 1. The van der Waals surface area contributed by atoms with Crippen LogP contribution in [0.5, 0.6) is 0 Å². The van der Waals surface area contributed by atoms with Gasteiger partial charge in [-0.05, 0) is 32.6 Å². The highest BCUT2D eigenvalue weighted by Crippen LogP contribution is 2.19. The molecule has 0 aromatic carbocycles. The summed E-state index contributed by atoms with van der Waals surface area (Å²) in [6.07, 6.45) is 7.73. The maximum atomic E-state index is 11.8. The lowest BCUT2D eigenvalue weighted by molar-refractivity contribution is -0.148. The molecule has 1 atom stereocenters. The van der Waals surface area contributed by atoms with Crippen LogP contribution in [0.15, 0.2) is 0 Å². The van der Waals surface area contributed by atoms with Crippen LogP contribution in [-0.2, 0) is 9.53 Å². The number of hydrogen-bond acceptors (Lipinski definition) is 3. The smallest absolute Gasteiger partial charge is 0.308 e. The lowest BCUT2D eigenvalue weighted by Gasteiger charge is -2.15. The fourth-order valence-electron chi connectivity index (χ4n) is 1.98. The van der Waals surface area contributed by atoms with Crippen molar-refractivity contribution in [3.05, 3.63) is 0 Å². The first-order valence-corrected chi connectivity index (χ1v) is 7.63. The molecule has 0 amide bonds. The molecule has 18 heavy (non-hydrogen) atoms. The van der Waals surface area contributed by atoms with Gasteiger partial charge in [-0.1, -0.05) is 25.7 Å². The summed E-state index contributed by atoms with van der Waals surface area (Å²) in [5.74, 6) is 0.628. The Hall–Kier alpha value is -0.280. The van der Waals surface area contributed by atoms with E-state index in [4.69, 9.17) is 21.4 Å².